The molecule has 0 saturated heterocycles. The van der Waals surface area contributed by atoms with Crippen molar-refractivity contribution in [2.75, 3.05) is 76.0 Å². The summed E-state index contributed by atoms with van der Waals surface area (Å²) in [5.41, 5.74) is 21.1. The van der Waals surface area contributed by atoms with Gasteiger partial charge in [-0.25, -0.2) is 0 Å². The van der Waals surface area contributed by atoms with Gasteiger partial charge in [0.1, 0.15) is 0 Å². The highest BCUT2D eigenvalue weighted by Crippen LogP contribution is 2.41. The van der Waals surface area contributed by atoms with Crippen LogP contribution in [0.4, 0.5) is 22.7 Å². The van der Waals surface area contributed by atoms with E-state index in [0.29, 0.717) is 0 Å². The van der Waals surface area contributed by atoms with Crippen LogP contribution in [0.1, 0.15) is 44.5 Å². The van der Waals surface area contributed by atoms with Crippen LogP contribution >= 0.6 is 0 Å². The van der Waals surface area contributed by atoms with Gasteiger partial charge in [0, 0.05) is 79.1 Å². The number of benzene rings is 8. The maximum atomic E-state index is 2.29. The minimum absolute atomic E-state index is 1.16. The summed E-state index contributed by atoms with van der Waals surface area (Å²) >= 11 is 0. The number of hydrogen-bond acceptors (Lipinski definition) is 4. The topological polar surface area (TPSA) is 13.0 Å². The van der Waals surface area contributed by atoms with Crippen LogP contribution in [0.5, 0.6) is 0 Å². The molecule has 0 spiro atoms. The van der Waals surface area contributed by atoms with E-state index in [1.54, 1.807) is 0 Å². The molecule has 8 aromatic rings. The van der Waals surface area contributed by atoms with Gasteiger partial charge in [0.15, 0.2) is 0 Å². The third kappa shape index (κ3) is 9.42. The first-order chi connectivity index (χ1) is 31.0. The third-order valence-electron chi connectivity index (χ3n) is 12.0. The molecule has 64 heavy (non-hydrogen) atoms. The lowest BCUT2D eigenvalue weighted by Gasteiger charge is -2.21. The predicted molar refractivity (Wildman–Crippen MR) is 278 cm³/mol. The summed E-state index contributed by atoms with van der Waals surface area (Å²) in [6, 6.07) is 75.6. The fraction of sp³-hybridized carbons (Fsp3) is 0.133. The molecule has 0 aliphatic rings. The Hall–Kier alpha value is -7.56. The highest BCUT2D eigenvalue weighted by molar-refractivity contribution is 6.06. The van der Waals surface area contributed by atoms with E-state index in [-0.39, 0.29) is 0 Å². The van der Waals surface area contributed by atoms with Crippen LogP contribution in [0.3, 0.4) is 0 Å². The van der Waals surface area contributed by atoms with Gasteiger partial charge in [0.2, 0.25) is 0 Å². The first-order valence-electron chi connectivity index (χ1n) is 22.0. The Labute approximate surface area is 381 Å². The van der Waals surface area contributed by atoms with Crippen LogP contribution < -0.4 is 19.6 Å². The highest BCUT2D eigenvalue weighted by Gasteiger charge is 2.19. The average molecular weight is 835 g/mol. The van der Waals surface area contributed by atoms with Crippen LogP contribution in [-0.2, 0) is 0 Å². The lowest BCUT2D eigenvalue weighted by Crippen LogP contribution is -2.09. The van der Waals surface area contributed by atoms with E-state index in [1.807, 2.05) is 0 Å². The smallest absolute Gasteiger partial charge is 0.0361 e. The summed E-state index contributed by atoms with van der Waals surface area (Å²) in [7, 11) is 16.7. The van der Waals surface area contributed by atoms with Crippen LogP contribution in [0.2, 0.25) is 0 Å². The fourth-order valence-electron chi connectivity index (χ4n) is 8.39. The van der Waals surface area contributed by atoms with Gasteiger partial charge in [-0.2, -0.15) is 0 Å². The standard InChI is InChI=1S/C60H58N4/c1-61(2)53-35-27-49(28-36-53)59(50-29-37-54(38-30-50)62(3)4)57(45-15-11-9-12-16-45)47-23-19-43(20-24-47)44-21-25-48(26-22-44)58(46-17-13-10-14-18-46)60(51-31-39-55(40-32-51)63(5)6)52-33-41-56(42-34-52)64(7)8/h9-42H,1-8H3. The molecule has 8 aromatic carbocycles. The Morgan fingerprint density at radius 3 is 0.562 bits per heavy atom. The van der Waals surface area contributed by atoms with E-state index in [0.717, 1.165) is 11.1 Å². The van der Waals surface area contributed by atoms with Crippen molar-refractivity contribution < 1.29 is 0 Å². The van der Waals surface area contributed by atoms with Crippen molar-refractivity contribution >= 4 is 45.0 Å². The zero-order valence-corrected chi connectivity index (χ0v) is 38.4. The van der Waals surface area contributed by atoms with E-state index in [1.165, 1.54) is 89.5 Å². The molecule has 0 radical (unpaired) electrons. The Balaban J connectivity index is 1.24. The summed E-state index contributed by atoms with van der Waals surface area (Å²) in [5.74, 6) is 0. The summed E-state index contributed by atoms with van der Waals surface area (Å²) in [6.07, 6.45) is 0. The van der Waals surface area contributed by atoms with E-state index < -0.39 is 0 Å². The molecule has 0 heterocycles. The molecule has 318 valence electrons. The molecule has 0 bridgehead atoms. The van der Waals surface area contributed by atoms with E-state index in [4.69, 9.17) is 0 Å². The molecule has 0 N–H and O–H groups in total. The average Bonchev–Trinajstić information content (AvgIpc) is 3.33. The first kappa shape index (κ1) is 43.1. The van der Waals surface area contributed by atoms with Crippen molar-refractivity contribution in [2.24, 2.45) is 0 Å². The molecule has 4 nitrogen and oxygen atoms in total. The Kier molecular flexibility index (Phi) is 12.9. The van der Waals surface area contributed by atoms with Crippen molar-refractivity contribution in [3.05, 3.63) is 251 Å². The molecule has 0 aromatic heterocycles. The van der Waals surface area contributed by atoms with Gasteiger partial charge >= 0.3 is 0 Å². The van der Waals surface area contributed by atoms with Crippen molar-refractivity contribution in [3.8, 4) is 11.1 Å². The second kappa shape index (κ2) is 19.2. The molecule has 0 fully saturated rings. The lowest BCUT2D eigenvalue weighted by molar-refractivity contribution is 1.13. The van der Waals surface area contributed by atoms with Gasteiger partial charge in [-0.15, -0.1) is 0 Å². The van der Waals surface area contributed by atoms with Crippen molar-refractivity contribution in [3.63, 3.8) is 0 Å². The molecule has 0 unspecified atom stereocenters. The normalized spacial score (nSPS) is 10.8. The van der Waals surface area contributed by atoms with Gasteiger partial charge in [-0.05, 0) is 126 Å². The van der Waals surface area contributed by atoms with Gasteiger partial charge < -0.3 is 19.6 Å². The molecule has 0 aliphatic heterocycles. The fourth-order valence-corrected chi connectivity index (χ4v) is 8.39. The lowest BCUT2D eigenvalue weighted by atomic mass is 9.84. The largest absolute Gasteiger partial charge is 0.378 e. The molecule has 0 saturated carbocycles. The number of rotatable bonds is 13. The Morgan fingerprint density at radius 1 is 0.203 bits per heavy atom. The zero-order chi connectivity index (χ0) is 44.7. The minimum Gasteiger partial charge on any atom is -0.378 e. The maximum absolute atomic E-state index is 2.29. The number of anilines is 4. The van der Waals surface area contributed by atoms with Crippen LogP contribution in [0.15, 0.2) is 206 Å². The van der Waals surface area contributed by atoms with Gasteiger partial charge in [-0.1, -0.05) is 158 Å². The highest BCUT2D eigenvalue weighted by atomic mass is 15.1. The number of hydrogen-bond donors (Lipinski definition) is 0. The first-order valence-corrected chi connectivity index (χ1v) is 22.0. The van der Waals surface area contributed by atoms with Crippen LogP contribution in [0, 0.1) is 0 Å². The molecule has 8 rings (SSSR count). The molecule has 0 amide bonds. The number of nitrogens with zero attached hydrogens (tertiary/aromatic N) is 4. The molecular weight excluding hydrogens is 777 g/mol. The van der Waals surface area contributed by atoms with E-state index >= 15 is 0 Å². The van der Waals surface area contributed by atoms with Crippen molar-refractivity contribution in [1.29, 1.82) is 0 Å². The molecule has 0 atom stereocenters. The molecule has 0 aliphatic carbocycles. The molecule has 4 heteroatoms. The van der Waals surface area contributed by atoms with Gasteiger partial charge in [0.25, 0.3) is 0 Å². The second-order valence-corrected chi connectivity index (χ2v) is 17.2. The zero-order valence-electron chi connectivity index (χ0n) is 38.4. The van der Waals surface area contributed by atoms with Gasteiger partial charge in [0.05, 0.1) is 0 Å². The predicted octanol–water partition coefficient (Wildman–Crippen LogP) is 13.6. The van der Waals surface area contributed by atoms with Crippen LogP contribution in [-0.4, -0.2) is 56.4 Å². The summed E-state index contributed by atoms with van der Waals surface area (Å²) in [5, 5.41) is 0. The second-order valence-electron chi connectivity index (χ2n) is 17.2. The third-order valence-corrected chi connectivity index (χ3v) is 12.0. The summed E-state index contributed by atoms with van der Waals surface area (Å²) in [6.45, 7) is 0. The molecular formula is C60H58N4. The van der Waals surface area contributed by atoms with Crippen molar-refractivity contribution in [1.82, 2.24) is 0 Å². The van der Waals surface area contributed by atoms with E-state index in [2.05, 4.69) is 282 Å². The van der Waals surface area contributed by atoms with Gasteiger partial charge in [-0.3, -0.25) is 0 Å². The maximum Gasteiger partial charge on any atom is 0.0361 e. The summed E-state index contributed by atoms with van der Waals surface area (Å²) < 4.78 is 0. The Morgan fingerprint density at radius 2 is 0.375 bits per heavy atom. The Bertz CT molecular complexity index is 2530. The summed E-state index contributed by atoms with van der Waals surface area (Å²) in [4.78, 5) is 8.59. The van der Waals surface area contributed by atoms with E-state index in [9.17, 15) is 0 Å². The monoisotopic (exact) mass is 834 g/mol. The SMILES string of the molecule is CN(C)c1ccc(C(=C(c2ccccc2)c2ccc(-c3ccc(C(=C(c4ccc(N(C)C)cc4)c4ccc(N(C)C)cc4)c4ccccc4)cc3)cc2)c2ccc(N(C)C)cc2)cc1. The quantitative estimate of drug-likeness (QED) is 0.107. The van der Waals surface area contributed by atoms with Crippen LogP contribution in [0.25, 0.3) is 33.4 Å². The minimum atomic E-state index is 1.16. The van der Waals surface area contributed by atoms with Crippen molar-refractivity contribution in [2.45, 2.75) is 0 Å².